The summed E-state index contributed by atoms with van der Waals surface area (Å²) < 4.78 is 11.0. The lowest BCUT2D eigenvalue weighted by Crippen LogP contribution is -1.97. The van der Waals surface area contributed by atoms with Gasteiger partial charge in [-0.2, -0.15) is 0 Å². The molecule has 94 valence electrons. The molecule has 3 heteroatoms. The Balaban J connectivity index is 1.93. The molecular weight excluding hydrogens is 226 g/mol. The van der Waals surface area contributed by atoms with Gasteiger partial charge >= 0.3 is 0 Å². The first kappa shape index (κ1) is 12.3. The van der Waals surface area contributed by atoms with Crippen molar-refractivity contribution in [1.29, 1.82) is 0 Å². The minimum absolute atomic E-state index is 0.524. The van der Waals surface area contributed by atoms with Crippen molar-refractivity contribution in [2.45, 2.75) is 13.5 Å². The normalized spacial score (nSPS) is 10.1. The molecule has 0 atom stereocenters. The maximum absolute atomic E-state index is 5.68. The van der Waals surface area contributed by atoms with Gasteiger partial charge in [0.1, 0.15) is 18.1 Å². The number of rotatable bonds is 5. The van der Waals surface area contributed by atoms with Crippen LogP contribution < -0.4 is 15.2 Å². The average molecular weight is 243 g/mol. The molecule has 2 N–H and O–H groups in total. The molecule has 0 unspecified atom stereocenters. The van der Waals surface area contributed by atoms with E-state index in [1.54, 1.807) is 0 Å². The van der Waals surface area contributed by atoms with E-state index in [1.807, 2.05) is 55.5 Å². The van der Waals surface area contributed by atoms with Crippen LogP contribution in [0.1, 0.15) is 12.5 Å². The fourth-order valence-electron chi connectivity index (χ4n) is 1.62. The molecule has 0 radical (unpaired) electrons. The second kappa shape index (κ2) is 5.96. The first-order valence-corrected chi connectivity index (χ1v) is 5.98. The van der Waals surface area contributed by atoms with Crippen LogP contribution in [0.15, 0.2) is 48.5 Å². The maximum Gasteiger partial charge on any atom is 0.121 e. The highest BCUT2D eigenvalue weighted by Crippen LogP contribution is 2.17. The third-order valence-electron chi connectivity index (χ3n) is 2.50. The lowest BCUT2D eigenvalue weighted by molar-refractivity contribution is 0.305. The highest BCUT2D eigenvalue weighted by atomic mass is 16.5. The molecule has 0 heterocycles. The van der Waals surface area contributed by atoms with Gasteiger partial charge in [0.15, 0.2) is 0 Å². The largest absolute Gasteiger partial charge is 0.494 e. The molecule has 3 nitrogen and oxygen atoms in total. The van der Waals surface area contributed by atoms with Gasteiger partial charge in [-0.05, 0) is 36.8 Å². The van der Waals surface area contributed by atoms with Gasteiger partial charge in [0, 0.05) is 11.8 Å². The Labute approximate surface area is 107 Å². The highest BCUT2D eigenvalue weighted by molar-refractivity contribution is 5.43. The van der Waals surface area contributed by atoms with Crippen LogP contribution in [0, 0.1) is 0 Å². The van der Waals surface area contributed by atoms with Crippen LogP contribution in [-0.4, -0.2) is 6.61 Å². The zero-order chi connectivity index (χ0) is 12.8. The molecule has 0 aliphatic carbocycles. The first-order valence-electron chi connectivity index (χ1n) is 5.98. The molecule has 0 aliphatic heterocycles. The first-order chi connectivity index (χ1) is 8.78. The number of ether oxygens (including phenoxy) is 2. The van der Waals surface area contributed by atoms with Crippen molar-refractivity contribution in [3.8, 4) is 11.5 Å². The molecule has 0 saturated carbocycles. The average Bonchev–Trinajstić information content (AvgIpc) is 2.38. The molecule has 0 spiro atoms. The van der Waals surface area contributed by atoms with Crippen molar-refractivity contribution in [2.75, 3.05) is 12.3 Å². The lowest BCUT2D eigenvalue weighted by atomic mass is 10.2. The standard InChI is InChI=1S/C15H17NO2/c1-2-17-14-8-6-12(7-9-14)11-18-15-5-3-4-13(16)10-15/h3-10H,2,11,16H2,1H3. The van der Waals surface area contributed by atoms with Gasteiger partial charge in [-0.3, -0.25) is 0 Å². The van der Waals surface area contributed by atoms with E-state index in [2.05, 4.69) is 0 Å². The molecular formula is C15H17NO2. The fourth-order valence-corrected chi connectivity index (χ4v) is 1.62. The Hall–Kier alpha value is -2.16. The van der Waals surface area contributed by atoms with E-state index < -0.39 is 0 Å². The highest BCUT2D eigenvalue weighted by Gasteiger charge is 1.97. The van der Waals surface area contributed by atoms with E-state index in [-0.39, 0.29) is 0 Å². The molecule has 0 amide bonds. The summed E-state index contributed by atoms with van der Waals surface area (Å²) in [5, 5.41) is 0. The molecule has 0 bridgehead atoms. The Bertz CT molecular complexity index is 494. The van der Waals surface area contributed by atoms with Gasteiger partial charge in [-0.1, -0.05) is 18.2 Å². The fraction of sp³-hybridized carbons (Fsp3) is 0.200. The van der Waals surface area contributed by atoms with Crippen LogP contribution in [-0.2, 0) is 6.61 Å². The van der Waals surface area contributed by atoms with E-state index in [0.29, 0.717) is 18.9 Å². The van der Waals surface area contributed by atoms with Crippen LogP contribution in [0.2, 0.25) is 0 Å². The minimum Gasteiger partial charge on any atom is -0.494 e. The van der Waals surface area contributed by atoms with E-state index in [0.717, 1.165) is 17.1 Å². The van der Waals surface area contributed by atoms with Crippen molar-refractivity contribution in [3.05, 3.63) is 54.1 Å². The predicted molar refractivity (Wildman–Crippen MR) is 72.8 cm³/mol. The topological polar surface area (TPSA) is 44.5 Å². The second-order valence-electron chi connectivity index (χ2n) is 3.94. The van der Waals surface area contributed by atoms with E-state index in [4.69, 9.17) is 15.2 Å². The van der Waals surface area contributed by atoms with Crippen LogP contribution in [0.3, 0.4) is 0 Å². The lowest BCUT2D eigenvalue weighted by Gasteiger charge is -2.08. The predicted octanol–water partition coefficient (Wildman–Crippen LogP) is 3.25. The minimum atomic E-state index is 0.524. The SMILES string of the molecule is CCOc1ccc(COc2cccc(N)c2)cc1. The Morgan fingerprint density at radius 2 is 1.72 bits per heavy atom. The van der Waals surface area contributed by atoms with E-state index in [9.17, 15) is 0 Å². The number of anilines is 1. The van der Waals surface area contributed by atoms with Gasteiger partial charge in [-0.15, -0.1) is 0 Å². The number of nitrogens with two attached hydrogens (primary N) is 1. The van der Waals surface area contributed by atoms with Gasteiger partial charge in [0.05, 0.1) is 6.61 Å². The van der Waals surface area contributed by atoms with Crippen LogP contribution in [0.25, 0.3) is 0 Å². The van der Waals surface area contributed by atoms with E-state index >= 15 is 0 Å². The van der Waals surface area contributed by atoms with Crippen molar-refractivity contribution in [2.24, 2.45) is 0 Å². The molecule has 0 aromatic heterocycles. The van der Waals surface area contributed by atoms with Crippen molar-refractivity contribution >= 4 is 5.69 Å². The summed E-state index contributed by atoms with van der Waals surface area (Å²) in [6.07, 6.45) is 0. The zero-order valence-electron chi connectivity index (χ0n) is 10.4. The van der Waals surface area contributed by atoms with Crippen LogP contribution >= 0.6 is 0 Å². The second-order valence-corrected chi connectivity index (χ2v) is 3.94. The molecule has 2 rings (SSSR count). The molecule has 2 aromatic carbocycles. The van der Waals surface area contributed by atoms with Gasteiger partial charge in [0.2, 0.25) is 0 Å². The summed E-state index contributed by atoms with van der Waals surface area (Å²) >= 11 is 0. The summed E-state index contributed by atoms with van der Waals surface area (Å²) in [6.45, 7) is 3.17. The van der Waals surface area contributed by atoms with Crippen LogP contribution in [0.5, 0.6) is 11.5 Å². The van der Waals surface area contributed by atoms with Crippen molar-refractivity contribution in [1.82, 2.24) is 0 Å². The zero-order valence-corrected chi connectivity index (χ0v) is 10.4. The van der Waals surface area contributed by atoms with E-state index in [1.165, 1.54) is 0 Å². The number of hydrogen-bond donors (Lipinski definition) is 1. The quantitative estimate of drug-likeness (QED) is 0.820. The van der Waals surface area contributed by atoms with Gasteiger partial charge < -0.3 is 15.2 Å². The third-order valence-corrected chi connectivity index (χ3v) is 2.50. The Morgan fingerprint density at radius 1 is 0.944 bits per heavy atom. The molecule has 0 saturated heterocycles. The number of hydrogen-bond acceptors (Lipinski definition) is 3. The van der Waals surface area contributed by atoms with Crippen LogP contribution in [0.4, 0.5) is 5.69 Å². The summed E-state index contributed by atoms with van der Waals surface area (Å²) in [7, 11) is 0. The molecule has 0 fully saturated rings. The molecule has 2 aromatic rings. The molecule has 18 heavy (non-hydrogen) atoms. The smallest absolute Gasteiger partial charge is 0.121 e. The Morgan fingerprint density at radius 3 is 2.39 bits per heavy atom. The van der Waals surface area contributed by atoms with Crippen molar-refractivity contribution in [3.63, 3.8) is 0 Å². The monoisotopic (exact) mass is 243 g/mol. The van der Waals surface area contributed by atoms with Gasteiger partial charge in [0.25, 0.3) is 0 Å². The van der Waals surface area contributed by atoms with Crippen molar-refractivity contribution < 1.29 is 9.47 Å². The maximum atomic E-state index is 5.68. The summed E-state index contributed by atoms with van der Waals surface area (Å²) in [6, 6.07) is 15.3. The Kier molecular flexibility index (Phi) is 4.07. The number of nitrogen functional groups attached to an aromatic ring is 1. The summed E-state index contributed by atoms with van der Waals surface area (Å²) in [4.78, 5) is 0. The summed E-state index contributed by atoms with van der Waals surface area (Å²) in [5.74, 6) is 1.66. The number of benzene rings is 2. The van der Waals surface area contributed by atoms with Gasteiger partial charge in [-0.25, -0.2) is 0 Å². The third kappa shape index (κ3) is 3.42. The molecule has 0 aliphatic rings. The summed E-state index contributed by atoms with van der Waals surface area (Å²) in [5.41, 5.74) is 7.49.